The lowest BCUT2D eigenvalue weighted by Gasteiger charge is -2.32. The quantitative estimate of drug-likeness (QED) is 0.379. The maximum atomic E-state index is 13.5. The second-order valence-corrected chi connectivity index (χ2v) is 11.5. The van der Waals surface area contributed by atoms with Crippen LogP contribution in [-0.2, 0) is 32.3 Å². The smallest absolute Gasteiger partial charge is 0.241 e. The van der Waals surface area contributed by atoms with Crippen molar-refractivity contribution in [1.29, 1.82) is 0 Å². The lowest BCUT2D eigenvalue weighted by Crippen LogP contribution is -2.35. The molecule has 188 valence electrons. The van der Waals surface area contributed by atoms with E-state index in [4.69, 9.17) is 9.47 Å². The number of nitrogens with one attached hydrogen (secondary N) is 1. The number of sulfonamides is 1. The summed E-state index contributed by atoms with van der Waals surface area (Å²) >= 11 is 1.56. The van der Waals surface area contributed by atoms with Gasteiger partial charge in [0.05, 0.1) is 24.2 Å². The predicted molar refractivity (Wildman–Crippen MR) is 142 cm³/mol. The number of thiophene rings is 1. The van der Waals surface area contributed by atoms with Crippen LogP contribution in [-0.4, -0.2) is 48.9 Å². The molecule has 1 unspecified atom stereocenters. The van der Waals surface area contributed by atoms with Crippen molar-refractivity contribution in [1.82, 2.24) is 4.72 Å². The van der Waals surface area contributed by atoms with Gasteiger partial charge < -0.3 is 14.4 Å². The average molecular weight is 515 g/mol. The van der Waals surface area contributed by atoms with Gasteiger partial charge >= 0.3 is 0 Å². The minimum Gasteiger partial charge on any atom is -0.383 e. The van der Waals surface area contributed by atoms with E-state index in [1.807, 2.05) is 36.6 Å². The van der Waals surface area contributed by atoms with E-state index < -0.39 is 16.1 Å². The molecule has 0 aliphatic heterocycles. The Balaban J connectivity index is 1.82. The molecule has 0 saturated carbocycles. The number of methoxy groups -OCH3 is 2. The van der Waals surface area contributed by atoms with Gasteiger partial charge in [0.1, 0.15) is 0 Å². The largest absolute Gasteiger partial charge is 0.383 e. The van der Waals surface area contributed by atoms with E-state index in [9.17, 15) is 8.42 Å². The third kappa shape index (κ3) is 5.95. The van der Waals surface area contributed by atoms with Gasteiger partial charge in [-0.3, -0.25) is 0 Å². The number of benzene rings is 2. The molecule has 0 saturated heterocycles. The first kappa shape index (κ1) is 25.9. The van der Waals surface area contributed by atoms with Gasteiger partial charge in [-0.2, -0.15) is 4.72 Å². The average Bonchev–Trinajstić information content (AvgIpc) is 3.55. The van der Waals surface area contributed by atoms with E-state index in [-0.39, 0.29) is 4.90 Å². The Morgan fingerprint density at radius 2 is 1.71 bits per heavy atom. The second kappa shape index (κ2) is 11.7. The van der Waals surface area contributed by atoms with Crippen LogP contribution in [0.5, 0.6) is 0 Å². The fourth-order valence-electron chi connectivity index (χ4n) is 4.68. The van der Waals surface area contributed by atoms with Crippen molar-refractivity contribution in [3.05, 3.63) is 81.0 Å². The number of nitrogens with zero attached hydrogens (tertiary/aromatic N) is 1. The van der Waals surface area contributed by atoms with Crippen molar-refractivity contribution in [3.8, 4) is 0 Å². The zero-order chi connectivity index (χ0) is 24.8. The molecule has 1 aliphatic carbocycles. The summed E-state index contributed by atoms with van der Waals surface area (Å²) in [6.45, 7) is 4.50. The number of aryl methyl sites for hydroxylation is 2. The summed E-state index contributed by atoms with van der Waals surface area (Å²) in [4.78, 5) is 3.52. The van der Waals surface area contributed by atoms with Crippen LogP contribution >= 0.6 is 11.3 Å². The number of rotatable bonds is 12. The van der Waals surface area contributed by atoms with Gasteiger partial charge in [-0.05, 0) is 66.5 Å². The Morgan fingerprint density at radius 1 is 1.00 bits per heavy atom. The van der Waals surface area contributed by atoms with Crippen molar-refractivity contribution in [3.63, 3.8) is 0 Å². The minimum atomic E-state index is -3.75. The van der Waals surface area contributed by atoms with Gasteiger partial charge in [0, 0.05) is 37.9 Å². The molecule has 8 heteroatoms. The molecule has 0 amide bonds. The molecule has 4 rings (SSSR count). The first-order valence-corrected chi connectivity index (χ1v) is 14.3. The fourth-order valence-corrected chi connectivity index (χ4v) is 6.74. The number of fused-ring (bicyclic) bond motifs is 1. The molecule has 3 aromatic rings. The Morgan fingerprint density at radius 3 is 2.34 bits per heavy atom. The Labute approximate surface area is 212 Å². The number of hydrogen-bond donors (Lipinski definition) is 1. The molecule has 1 atom stereocenters. The topological polar surface area (TPSA) is 67.9 Å². The zero-order valence-electron chi connectivity index (χ0n) is 20.6. The molecule has 0 bridgehead atoms. The van der Waals surface area contributed by atoms with Crippen LogP contribution in [0.1, 0.15) is 39.6 Å². The van der Waals surface area contributed by atoms with Crippen molar-refractivity contribution in [2.24, 2.45) is 0 Å². The van der Waals surface area contributed by atoms with Crippen molar-refractivity contribution < 1.29 is 17.9 Å². The number of ether oxygens (including phenoxy) is 2. The highest BCUT2D eigenvalue weighted by Gasteiger charge is 2.30. The van der Waals surface area contributed by atoms with Gasteiger partial charge in [0.2, 0.25) is 10.0 Å². The van der Waals surface area contributed by atoms with Crippen LogP contribution < -0.4 is 9.62 Å². The van der Waals surface area contributed by atoms with E-state index in [0.717, 1.165) is 41.0 Å². The Hall–Kier alpha value is -2.23. The van der Waals surface area contributed by atoms with Gasteiger partial charge in [-0.25, -0.2) is 8.42 Å². The molecular weight excluding hydrogens is 480 g/mol. The monoisotopic (exact) mass is 514 g/mol. The molecule has 1 heterocycles. The van der Waals surface area contributed by atoms with Crippen LogP contribution in [0.25, 0.3) is 0 Å². The molecule has 6 nitrogen and oxygen atoms in total. The molecule has 0 spiro atoms. The summed E-state index contributed by atoms with van der Waals surface area (Å²) in [6, 6.07) is 14.7. The predicted octanol–water partition coefficient (Wildman–Crippen LogP) is 4.71. The van der Waals surface area contributed by atoms with Crippen LogP contribution in [0.4, 0.5) is 5.69 Å². The fraction of sp³-hybridized carbons (Fsp3) is 0.407. The molecule has 35 heavy (non-hydrogen) atoms. The van der Waals surface area contributed by atoms with Crippen molar-refractivity contribution in [2.45, 2.75) is 37.1 Å². The molecule has 1 aliphatic rings. The van der Waals surface area contributed by atoms with Crippen LogP contribution in [0.3, 0.4) is 0 Å². The normalized spacial score (nSPS) is 14.1. The van der Waals surface area contributed by atoms with Crippen molar-refractivity contribution >= 4 is 27.0 Å². The maximum absolute atomic E-state index is 13.5. The van der Waals surface area contributed by atoms with E-state index in [0.29, 0.717) is 26.3 Å². The summed E-state index contributed by atoms with van der Waals surface area (Å²) in [7, 11) is -0.345. The van der Waals surface area contributed by atoms with Crippen LogP contribution in [0.2, 0.25) is 0 Å². The highest BCUT2D eigenvalue weighted by molar-refractivity contribution is 7.89. The first-order chi connectivity index (χ1) is 16.9. The van der Waals surface area contributed by atoms with E-state index >= 15 is 0 Å². The summed E-state index contributed by atoms with van der Waals surface area (Å²) in [5.74, 6) is 0. The molecule has 1 N–H and O–H groups in total. The van der Waals surface area contributed by atoms with E-state index in [1.54, 1.807) is 37.7 Å². The third-order valence-electron chi connectivity index (χ3n) is 6.47. The SMILES string of the molecule is COCCN(CCOC)c1c(C(NS(=O)(=O)c2ccc(C)cc2)c2cccs2)ccc2c1CCC2. The lowest BCUT2D eigenvalue weighted by molar-refractivity contribution is 0.190. The summed E-state index contributed by atoms with van der Waals surface area (Å²) in [6.07, 6.45) is 3.13. The Bertz CT molecular complexity index is 1200. The molecule has 2 aromatic carbocycles. The number of anilines is 1. The highest BCUT2D eigenvalue weighted by Crippen LogP contribution is 2.40. The molecular formula is C27H34N2O4S2. The van der Waals surface area contributed by atoms with Crippen molar-refractivity contribution in [2.75, 3.05) is 45.4 Å². The second-order valence-electron chi connectivity index (χ2n) is 8.85. The number of hydrogen-bond acceptors (Lipinski definition) is 6. The van der Waals surface area contributed by atoms with E-state index in [1.165, 1.54) is 11.1 Å². The highest BCUT2D eigenvalue weighted by atomic mass is 32.2. The van der Waals surface area contributed by atoms with Gasteiger partial charge in [-0.1, -0.05) is 35.9 Å². The summed E-state index contributed by atoms with van der Waals surface area (Å²) in [5, 5.41) is 1.99. The van der Waals surface area contributed by atoms with Gasteiger partial charge in [-0.15, -0.1) is 11.3 Å². The zero-order valence-corrected chi connectivity index (χ0v) is 22.3. The Kier molecular flexibility index (Phi) is 8.62. The summed E-state index contributed by atoms with van der Waals surface area (Å²) < 4.78 is 40.9. The molecule has 0 radical (unpaired) electrons. The summed E-state index contributed by atoms with van der Waals surface area (Å²) in [5.41, 5.74) is 5.75. The van der Waals surface area contributed by atoms with E-state index in [2.05, 4.69) is 21.8 Å². The minimum absolute atomic E-state index is 0.267. The van der Waals surface area contributed by atoms with Crippen LogP contribution in [0, 0.1) is 6.92 Å². The van der Waals surface area contributed by atoms with Crippen LogP contribution in [0.15, 0.2) is 58.8 Å². The standard InChI is InChI=1S/C27H34N2O4S2/c1-20-9-12-22(13-10-20)35(30,31)28-26(25-8-5-19-34-25)24-14-11-21-6-4-7-23(21)27(24)29(15-17-32-2)16-18-33-3/h5,8-14,19,26,28H,4,6-7,15-18H2,1-3H3. The third-order valence-corrected chi connectivity index (χ3v) is 8.85. The van der Waals surface area contributed by atoms with Gasteiger partial charge in [0.15, 0.2) is 0 Å². The molecule has 0 fully saturated rings. The first-order valence-electron chi connectivity index (χ1n) is 11.9. The lowest BCUT2D eigenvalue weighted by atomic mass is 9.96. The van der Waals surface area contributed by atoms with Gasteiger partial charge in [0.25, 0.3) is 0 Å². The molecule has 1 aromatic heterocycles. The maximum Gasteiger partial charge on any atom is 0.241 e.